The van der Waals surface area contributed by atoms with E-state index < -0.39 is 6.10 Å². The number of rotatable bonds is 4. The van der Waals surface area contributed by atoms with Crippen LogP contribution in [0.15, 0.2) is 24.3 Å². The fraction of sp³-hybridized carbons (Fsp3) is 0.571. The van der Waals surface area contributed by atoms with E-state index in [1.165, 1.54) is 19.3 Å². The van der Waals surface area contributed by atoms with Crippen molar-refractivity contribution in [2.75, 3.05) is 18.8 Å². The Morgan fingerprint density at radius 1 is 1.41 bits per heavy atom. The molecule has 0 amide bonds. The van der Waals surface area contributed by atoms with E-state index in [-0.39, 0.29) is 0 Å². The molecule has 0 spiro atoms. The molecule has 0 aliphatic carbocycles. The third kappa shape index (κ3) is 2.99. The molecule has 1 aliphatic heterocycles. The molecule has 0 radical (unpaired) electrons. The quantitative estimate of drug-likeness (QED) is 0.785. The van der Waals surface area contributed by atoms with Gasteiger partial charge in [0.25, 0.3) is 0 Å². The third-order valence-corrected chi connectivity index (χ3v) is 3.70. The van der Waals surface area contributed by atoms with Gasteiger partial charge in [0.05, 0.1) is 6.10 Å². The molecule has 1 saturated heterocycles. The summed E-state index contributed by atoms with van der Waals surface area (Å²) in [5.74, 6) is 0. The van der Waals surface area contributed by atoms with Crippen LogP contribution in [-0.4, -0.2) is 29.1 Å². The van der Waals surface area contributed by atoms with E-state index in [0.717, 1.165) is 24.3 Å². The smallest absolute Gasteiger partial charge is 0.0917 e. The Morgan fingerprint density at radius 3 is 2.76 bits per heavy atom. The number of β-amino-alcohol motifs (C(OH)–C–C–N with tert-alkyl or cyclic N) is 1. The molecule has 3 heteroatoms. The molecule has 1 aromatic carbocycles. The van der Waals surface area contributed by atoms with Crippen LogP contribution in [0.25, 0.3) is 0 Å². The molecular formula is C14H22N2O. The van der Waals surface area contributed by atoms with E-state index in [2.05, 4.69) is 11.8 Å². The monoisotopic (exact) mass is 234 g/mol. The van der Waals surface area contributed by atoms with Gasteiger partial charge in [-0.25, -0.2) is 0 Å². The average molecular weight is 234 g/mol. The standard InChI is InChI=1S/C14H22N2O/c1-2-13-4-3-9-16(13)10-14(17)11-5-7-12(15)8-6-11/h5-8,13-14,17H,2-4,9-10,15H2,1H3. The summed E-state index contributed by atoms with van der Waals surface area (Å²) < 4.78 is 0. The van der Waals surface area contributed by atoms with Crippen molar-refractivity contribution in [2.24, 2.45) is 0 Å². The summed E-state index contributed by atoms with van der Waals surface area (Å²) in [5, 5.41) is 10.2. The summed E-state index contributed by atoms with van der Waals surface area (Å²) in [5.41, 5.74) is 7.35. The van der Waals surface area contributed by atoms with Crippen LogP contribution < -0.4 is 5.73 Å². The van der Waals surface area contributed by atoms with Crippen molar-refractivity contribution in [3.63, 3.8) is 0 Å². The first-order chi connectivity index (χ1) is 8.20. The minimum absolute atomic E-state index is 0.400. The molecule has 0 bridgehead atoms. The highest BCUT2D eigenvalue weighted by atomic mass is 16.3. The van der Waals surface area contributed by atoms with Crippen molar-refractivity contribution >= 4 is 5.69 Å². The zero-order chi connectivity index (χ0) is 12.3. The van der Waals surface area contributed by atoms with E-state index in [4.69, 9.17) is 5.73 Å². The number of nitrogens with two attached hydrogens (primary N) is 1. The molecule has 94 valence electrons. The van der Waals surface area contributed by atoms with Crippen molar-refractivity contribution < 1.29 is 5.11 Å². The Kier molecular flexibility index (Phi) is 4.02. The van der Waals surface area contributed by atoms with E-state index in [9.17, 15) is 5.11 Å². The molecule has 1 aliphatic rings. The number of likely N-dealkylation sites (tertiary alicyclic amines) is 1. The number of aliphatic hydroxyl groups is 1. The predicted octanol–water partition coefficient (Wildman–Crippen LogP) is 2.18. The molecular weight excluding hydrogens is 212 g/mol. The first-order valence-electron chi connectivity index (χ1n) is 6.48. The van der Waals surface area contributed by atoms with Gasteiger partial charge in [0.2, 0.25) is 0 Å². The van der Waals surface area contributed by atoms with Crippen LogP contribution in [-0.2, 0) is 0 Å². The minimum atomic E-state index is -0.400. The Morgan fingerprint density at radius 2 is 2.12 bits per heavy atom. The molecule has 2 rings (SSSR count). The summed E-state index contributed by atoms with van der Waals surface area (Å²) in [6.45, 7) is 4.07. The molecule has 1 heterocycles. The lowest BCUT2D eigenvalue weighted by Gasteiger charge is -2.26. The van der Waals surface area contributed by atoms with Gasteiger partial charge in [-0.3, -0.25) is 4.90 Å². The third-order valence-electron chi connectivity index (χ3n) is 3.70. The second kappa shape index (κ2) is 5.52. The number of nitrogen functional groups attached to an aromatic ring is 1. The SMILES string of the molecule is CCC1CCCN1CC(O)c1ccc(N)cc1. The van der Waals surface area contributed by atoms with Gasteiger partial charge < -0.3 is 10.8 Å². The number of anilines is 1. The Balaban J connectivity index is 1.96. The maximum Gasteiger partial charge on any atom is 0.0917 e. The number of benzene rings is 1. The number of hydrogen-bond donors (Lipinski definition) is 2. The fourth-order valence-corrected chi connectivity index (χ4v) is 2.64. The van der Waals surface area contributed by atoms with Gasteiger partial charge in [0.1, 0.15) is 0 Å². The lowest BCUT2D eigenvalue weighted by molar-refractivity contribution is 0.105. The van der Waals surface area contributed by atoms with Crippen molar-refractivity contribution in [1.82, 2.24) is 4.90 Å². The second-order valence-electron chi connectivity index (χ2n) is 4.88. The zero-order valence-electron chi connectivity index (χ0n) is 10.5. The average Bonchev–Trinajstić information content (AvgIpc) is 2.77. The van der Waals surface area contributed by atoms with Crippen LogP contribution in [0.4, 0.5) is 5.69 Å². The molecule has 3 N–H and O–H groups in total. The summed E-state index contributed by atoms with van der Waals surface area (Å²) in [6, 6.07) is 8.17. The first-order valence-corrected chi connectivity index (χ1v) is 6.48. The molecule has 2 atom stereocenters. The minimum Gasteiger partial charge on any atom is -0.399 e. The van der Waals surface area contributed by atoms with Crippen LogP contribution >= 0.6 is 0 Å². The molecule has 17 heavy (non-hydrogen) atoms. The van der Waals surface area contributed by atoms with Gasteiger partial charge in [-0.2, -0.15) is 0 Å². The highest BCUT2D eigenvalue weighted by molar-refractivity contribution is 5.39. The normalized spacial score (nSPS) is 22.8. The van der Waals surface area contributed by atoms with Crippen LogP contribution in [0.1, 0.15) is 37.9 Å². The van der Waals surface area contributed by atoms with E-state index in [0.29, 0.717) is 6.04 Å². The second-order valence-corrected chi connectivity index (χ2v) is 4.88. The molecule has 0 saturated carbocycles. The van der Waals surface area contributed by atoms with Gasteiger partial charge in [-0.1, -0.05) is 19.1 Å². The van der Waals surface area contributed by atoms with Gasteiger partial charge in [-0.05, 0) is 43.5 Å². The van der Waals surface area contributed by atoms with Gasteiger partial charge in [0, 0.05) is 18.3 Å². The maximum atomic E-state index is 10.2. The number of aliphatic hydroxyl groups excluding tert-OH is 1. The van der Waals surface area contributed by atoms with E-state index >= 15 is 0 Å². The highest BCUT2D eigenvalue weighted by Crippen LogP contribution is 2.24. The topological polar surface area (TPSA) is 49.5 Å². The Bertz CT molecular complexity index is 350. The zero-order valence-corrected chi connectivity index (χ0v) is 10.5. The maximum absolute atomic E-state index is 10.2. The van der Waals surface area contributed by atoms with E-state index in [1.807, 2.05) is 24.3 Å². The fourth-order valence-electron chi connectivity index (χ4n) is 2.64. The van der Waals surface area contributed by atoms with Crippen molar-refractivity contribution in [2.45, 2.75) is 38.3 Å². The molecule has 0 aromatic heterocycles. The largest absolute Gasteiger partial charge is 0.399 e. The van der Waals surface area contributed by atoms with Crippen LogP contribution in [0.5, 0.6) is 0 Å². The van der Waals surface area contributed by atoms with Crippen LogP contribution in [0, 0.1) is 0 Å². The van der Waals surface area contributed by atoms with Crippen LogP contribution in [0.3, 0.4) is 0 Å². The highest BCUT2D eigenvalue weighted by Gasteiger charge is 2.24. The Hall–Kier alpha value is -1.06. The molecule has 1 fully saturated rings. The van der Waals surface area contributed by atoms with Gasteiger partial charge in [0.15, 0.2) is 0 Å². The summed E-state index contributed by atoms with van der Waals surface area (Å²) in [4.78, 5) is 2.40. The summed E-state index contributed by atoms with van der Waals surface area (Å²) in [7, 11) is 0. The van der Waals surface area contributed by atoms with Crippen molar-refractivity contribution in [3.8, 4) is 0 Å². The number of hydrogen-bond acceptors (Lipinski definition) is 3. The lowest BCUT2D eigenvalue weighted by Crippen LogP contribution is -2.32. The summed E-state index contributed by atoms with van der Waals surface area (Å²) >= 11 is 0. The number of nitrogens with zero attached hydrogens (tertiary/aromatic N) is 1. The van der Waals surface area contributed by atoms with Gasteiger partial charge in [-0.15, -0.1) is 0 Å². The van der Waals surface area contributed by atoms with E-state index in [1.54, 1.807) is 0 Å². The first kappa shape index (κ1) is 12.4. The van der Waals surface area contributed by atoms with Crippen molar-refractivity contribution in [1.29, 1.82) is 0 Å². The van der Waals surface area contributed by atoms with Crippen LogP contribution in [0.2, 0.25) is 0 Å². The van der Waals surface area contributed by atoms with Gasteiger partial charge >= 0.3 is 0 Å². The lowest BCUT2D eigenvalue weighted by atomic mass is 10.1. The molecule has 1 aromatic rings. The molecule has 2 unspecified atom stereocenters. The molecule has 3 nitrogen and oxygen atoms in total. The van der Waals surface area contributed by atoms with Crippen molar-refractivity contribution in [3.05, 3.63) is 29.8 Å². The Labute approximate surface area is 103 Å². The predicted molar refractivity (Wildman–Crippen MR) is 70.7 cm³/mol. The summed E-state index contributed by atoms with van der Waals surface area (Å²) in [6.07, 6.45) is 3.30.